The standard InChI is InChI=1S/C26H21N7OS2/c1-3-13-32-21(18-11-9-17(2)10-12-18)16-35-26(32)31-30-24(34)22-23(29)33(20-7-5-4-6-8-20)25(36-22)19(14-27)15-28/h3-12,16,29-30,34H,1,13H2,2H3/b24-22-,29-23?,31-26+. The van der Waals surface area contributed by atoms with E-state index in [-0.39, 0.29) is 26.1 Å². The number of hydrogen-bond acceptors (Lipinski definition) is 8. The van der Waals surface area contributed by atoms with Gasteiger partial charge in [-0.3, -0.25) is 9.98 Å². The number of benzene rings is 2. The highest BCUT2D eigenvalue weighted by molar-refractivity contribution is 7.07. The van der Waals surface area contributed by atoms with Gasteiger partial charge in [0.25, 0.3) is 0 Å². The summed E-state index contributed by atoms with van der Waals surface area (Å²) in [5.41, 5.74) is 6.18. The van der Waals surface area contributed by atoms with Gasteiger partial charge in [-0.05, 0) is 24.6 Å². The smallest absolute Gasteiger partial charge is 0.226 e. The summed E-state index contributed by atoms with van der Waals surface area (Å²) >= 11 is 2.36. The Kier molecular flexibility index (Phi) is 7.31. The number of aliphatic hydroxyl groups excluding tert-OH is 1. The monoisotopic (exact) mass is 511 g/mol. The summed E-state index contributed by atoms with van der Waals surface area (Å²) in [4.78, 5) is 0.595. The maximum atomic E-state index is 10.8. The zero-order valence-electron chi connectivity index (χ0n) is 19.3. The molecule has 4 rings (SSSR count). The van der Waals surface area contributed by atoms with Gasteiger partial charge in [-0.15, -0.1) is 34.4 Å². The van der Waals surface area contributed by atoms with Crippen molar-refractivity contribution in [2.45, 2.75) is 13.5 Å². The van der Waals surface area contributed by atoms with Crippen molar-refractivity contribution in [3.05, 3.63) is 97.7 Å². The number of nitriles is 2. The normalized spacial score (nSPS) is 11.9. The lowest BCUT2D eigenvalue weighted by molar-refractivity contribution is 0.458. The lowest BCUT2D eigenvalue weighted by Crippen LogP contribution is -2.34. The molecule has 0 atom stereocenters. The molecule has 2 aromatic heterocycles. The molecular weight excluding hydrogens is 490 g/mol. The second kappa shape index (κ2) is 10.7. The molecule has 0 aliphatic rings. The Morgan fingerprint density at radius 2 is 1.86 bits per heavy atom. The molecule has 0 saturated heterocycles. The fourth-order valence-corrected chi connectivity index (χ4v) is 5.38. The van der Waals surface area contributed by atoms with Gasteiger partial charge in [0, 0.05) is 17.6 Å². The third-order valence-corrected chi connectivity index (χ3v) is 7.26. The van der Waals surface area contributed by atoms with Crippen LogP contribution in [-0.4, -0.2) is 14.2 Å². The van der Waals surface area contributed by atoms with Crippen molar-refractivity contribution in [1.29, 1.82) is 15.9 Å². The fourth-order valence-electron chi connectivity index (χ4n) is 3.49. The van der Waals surface area contributed by atoms with Crippen LogP contribution in [0.3, 0.4) is 0 Å². The van der Waals surface area contributed by atoms with Gasteiger partial charge < -0.3 is 9.67 Å². The number of nitrogens with zero attached hydrogens (tertiary/aromatic N) is 5. The van der Waals surface area contributed by atoms with Gasteiger partial charge in [0.15, 0.2) is 11.1 Å². The van der Waals surface area contributed by atoms with Crippen LogP contribution in [0.25, 0.3) is 28.4 Å². The molecule has 4 aromatic rings. The summed E-state index contributed by atoms with van der Waals surface area (Å²) in [6, 6.07) is 20.8. The molecule has 2 aromatic carbocycles. The lowest BCUT2D eigenvalue weighted by atomic mass is 10.1. The number of hydrogen-bond donors (Lipinski definition) is 3. The van der Waals surface area contributed by atoms with Gasteiger partial charge >= 0.3 is 0 Å². The van der Waals surface area contributed by atoms with Crippen LogP contribution in [0.2, 0.25) is 0 Å². The molecule has 10 heteroatoms. The highest BCUT2D eigenvalue weighted by Crippen LogP contribution is 2.20. The van der Waals surface area contributed by atoms with E-state index >= 15 is 0 Å². The Morgan fingerprint density at radius 1 is 1.17 bits per heavy atom. The van der Waals surface area contributed by atoms with E-state index in [4.69, 9.17) is 5.41 Å². The Bertz CT molecular complexity index is 1740. The molecule has 0 spiro atoms. The fraction of sp³-hybridized carbons (Fsp3) is 0.0769. The molecule has 0 saturated carbocycles. The molecule has 0 aliphatic heterocycles. The van der Waals surface area contributed by atoms with Crippen molar-refractivity contribution < 1.29 is 5.11 Å². The van der Waals surface area contributed by atoms with Crippen LogP contribution in [0.4, 0.5) is 0 Å². The van der Waals surface area contributed by atoms with E-state index < -0.39 is 0 Å². The largest absolute Gasteiger partial charge is 0.493 e. The van der Waals surface area contributed by atoms with Crippen LogP contribution in [-0.2, 0) is 6.54 Å². The van der Waals surface area contributed by atoms with Crippen LogP contribution in [0, 0.1) is 35.0 Å². The molecule has 0 bridgehead atoms. The van der Waals surface area contributed by atoms with E-state index in [2.05, 4.69) is 17.1 Å². The van der Waals surface area contributed by atoms with Crippen molar-refractivity contribution in [3.8, 4) is 29.1 Å². The molecule has 0 amide bonds. The molecular formula is C26H21N7OS2. The number of para-hydroxylation sites is 1. The average molecular weight is 512 g/mol. The van der Waals surface area contributed by atoms with Crippen LogP contribution >= 0.6 is 22.7 Å². The molecule has 3 N–H and O–H groups in total. The minimum Gasteiger partial charge on any atom is -0.493 e. The van der Waals surface area contributed by atoms with Crippen molar-refractivity contribution in [2.75, 3.05) is 0 Å². The highest BCUT2D eigenvalue weighted by Gasteiger charge is 2.12. The first-order valence-corrected chi connectivity index (χ1v) is 12.4. The maximum absolute atomic E-state index is 10.8. The van der Waals surface area contributed by atoms with Gasteiger partial charge in [-0.1, -0.05) is 54.1 Å². The summed E-state index contributed by atoms with van der Waals surface area (Å²) in [5, 5.41) is 44.8. The van der Waals surface area contributed by atoms with Gasteiger partial charge in [-0.2, -0.15) is 10.5 Å². The van der Waals surface area contributed by atoms with E-state index in [0.717, 1.165) is 28.2 Å². The van der Waals surface area contributed by atoms with Crippen LogP contribution < -0.4 is 24.9 Å². The Balaban J connectivity index is 1.86. The molecule has 36 heavy (non-hydrogen) atoms. The van der Waals surface area contributed by atoms with Crippen LogP contribution in [0.5, 0.6) is 0 Å². The molecule has 8 nitrogen and oxygen atoms in total. The highest BCUT2D eigenvalue weighted by atomic mass is 32.1. The first kappa shape index (κ1) is 24.5. The Morgan fingerprint density at radius 3 is 2.50 bits per heavy atom. The molecule has 2 heterocycles. The lowest BCUT2D eigenvalue weighted by Gasteiger charge is -2.07. The predicted molar refractivity (Wildman–Crippen MR) is 141 cm³/mol. The second-order valence-corrected chi connectivity index (χ2v) is 9.43. The molecule has 0 aliphatic carbocycles. The Labute approximate surface area is 214 Å². The van der Waals surface area contributed by atoms with Crippen LogP contribution in [0.1, 0.15) is 5.56 Å². The number of rotatable bonds is 6. The maximum Gasteiger partial charge on any atom is 0.226 e. The zero-order valence-corrected chi connectivity index (χ0v) is 20.9. The van der Waals surface area contributed by atoms with Gasteiger partial charge in [-0.25, -0.2) is 5.43 Å². The first-order valence-electron chi connectivity index (χ1n) is 10.7. The van der Waals surface area contributed by atoms with E-state index in [1.807, 2.05) is 59.3 Å². The van der Waals surface area contributed by atoms with Crippen molar-refractivity contribution in [1.82, 2.24) is 14.6 Å². The van der Waals surface area contributed by atoms with Gasteiger partial charge in [0.05, 0.1) is 5.69 Å². The summed E-state index contributed by atoms with van der Waals surface area (Å²) in [7, 11) is 0. The summed E-state index contributed by atoms with van der Waals surface area (Å²) in [6.07, 6.45) is 1.77. The summed E-state index contributed by atoms with van der Waals surface area (Å²) in [5.74, 6) is -0.355. The molecule has 0 fully saturated rings. The number of thiazole rings is 2. The number of allylic oxidation sites excluding steroid dienone is 1. The summed E-state index contributed by atoms with van der Waals surface area (Å²) in [6.45, 7) is 6.38. The predicted octanol–water partition coefficient (Wildman–Crippen LogP) is 2.97. The number of nitrogens with one attached hydrogen (secondary N) is 2. The number of aryl methyl sites for hydroxylation is 1. The topological polar surface area (TPSA) is 126 Å². The SMILES string of the molecule is C=CCn1c(-c2ccc(C)cc2)cs/c1=N/N/C(O)=c1/sc(=C(C#N)C#N)n(-c2ccccc2)c1=N. The quantitative estimate of drug-likeness (QED) is 0.272. The van der Waals surface area contributed by atoms with E-state index in [0.29, 0.717) is 17.0 Å². The van der Waals surface area contributed by atoms with Crippen molar-refractivity contribution >= 4 is 34.1 Å². The zero-order chi connectivity index (χ0) is 25.7. The minimum absolute atomic E-state index is 0.0742. The summed E-state index contributed by atoms with van der Waals surface area (Å²) < 4.78 is 3.81. The molecule has 178 valence electrons. The van der Waals surface area contributed by atoms with E-state index in [1.165, 1.54) is 15.9 Å². The molecule has 0 radical (unpaired) electrons. The number of aromatic nitrogens is 2. The number of aliphatic hydroxyl groups is 1. The van der Waals surface area contributed by atoms with E-state index in [1.54, 1.807) is 30.3 Å². The van der Waals surface area contributed by atoms with Gasteiger partial charge in [0.2, 0.25) is 10.7 Å². The molecule has 0 unspecified atom stereocenters. The third-order valence-electron chi connectivity index (χ3n) is 5.22. The van der Waals surface area contributed by atoms with Gasteiger partial charge in [0.1, 0.15) is 21.3 Å². The second-order valence-electron chi connectivity index (χ2n) is 7.60. The average Bonchev–Trinajstić information content (AvgIpc) is 3.45. The Hall–Kier alpha value is -4.64. The minimum atomic E-state index is -0.355. The third kappa shape index (κ3) is 4.77. The van der Waals surface area contributed by atoms with Crippen LogP contribution in [0.15, 0.2) is 77.7 Å². The van der Waals surface area contributed by atoms with Crippen molar-refractivity contribution in [2.24, 2.45) is 5.10 Å². The first-order chi connectivity index (χ1) is 17.5. The van der Waals surface area contributed by atoms with Crippen molar-refractivity contribution in [3.63, 3.8) is 0 Å². The van der Waals surface area contributed by atoms with E-state index in [9.17, 15) is 15.6 Å².